The Morgan fingerprint density at radius 3 is 1.65 bits per heavy atom. The summed E-state index contributed by atoms with van der Waals surface area (Å²) in [6.07, 6.45) is -4.65. The third kappa shape index (κ3) is 4.72. The van der Waals surface area contributed by atoms with Gasteiger partial charge in [-0.3, -0.25) is 0 Å². The van der Waals surface area contributed by atoms with E-state index in [2.05, 4.69) is 4.74 Å². The molecule has 0 atom stereocenters. The molecule has 0 saturated carbocycles. The van der Waals surface area contributed by atoms with E-state index in [1.54, 1.807) is 42.5 Å². The molecule has 4 rings (SSSR count). The molecule has 9 heteroatoms. The summed E-state index contributed by atoms with van der Waals surface area (Å²) in [7, 11) is 0. The van der Waals surface area contributed by atoms with E-state index < -0.39 is 46.5 Å². The Kier molecular flexibility index (Phi) is 6.27. The van der Waals surface area contributed by atoms with E-state index in [1.807, 2.05) is 6.07 Å². The number of benzene rings is 4. The molecule has 34 heavy (non-hydrogen) atoms. The van der Waals surface area contributed by atoms with Crippen molar-refractivity contribution >= 4 is 11.6 Å². The fraction of sp³-hybridized carbons (Fsp3) is 0.0400. The largest absolute Gasteiger partial charge is 0.432 e. The van der Waals surface area contributed by atoms with Gasteiger partial charge in [0.15, 0.2) is 17.5 Å². The van der Waals surface area contributed by atoms with Crippen LogP contribution in [0.2, 0.25) is 5.02 Å². The summed E-state index contributed by atoms with van der Waals surface area (Å²) in [6, 6.07) is 15.1. The van der Waals surface area contributed by atoms with E-state index in [1.165, 1.54) is 0 Å². The molecule has 0 heterocycles. The van der Waals surface area contributed by atoms with Gasteiger partial charge in [0.2, 0.25) is 0 Å². The van der Waals surface area contributed by atoms with Gasteiger partial charge < -0.3 is 4.74 Å². The number of halogens is 8. The molecular formula is C25H12ClF7O. The number of hydrogen-bond acceptors (Lipinski definition) is 1. The standard InChI is InChI=1S/C25H12ClF7O/c26-17-3-1-2-15(8-17)13-4-6-14(7-5-13)16-9-19(27)23(20(28)10-16)25(32,33)34-18-11-21(29)24(31)22(30)12-18/h1-12H. The van der Waals surface area contributed by atoms with Crippen LogP contribution in [0.4, 0.5) is 30.7 Å². The van der Waals surface area contributed by atoms with Gasteiger partial charge in [0.05, 0.1) is 0 Å². The van der Waals surface area contributed by atoms with Crippen molar-refractivity contribution in [1.29, 1.82) is 0 Å². The molecule has 0 radical (unpaired) electrons. The molecule has 1 nitrogen and oxygen atoms in total. The maximum Gasteiger partial charge on any atom is 0.432 e. The van der Waals surface area contributed by atoms with Gasteiger partial charge in [-0.2, -0.15) is 8.78 Å². The van der Waals surface area contributed by atoms with Gasteiger partial charge >= 0.3 is 6.11 Å². The van der Waals surface area contributed by atoms with Gasteiger partial charge in [0.1, 0.15) is 22.9 Å². The summed E-state index contributed by atoms with van der Waals surface area (Å²) in [4.78, 5) is 0. The Hall–Kier alpha value is -3.52. The highest BCUT2D eigenvalue weighted by molar-refractivity contribution is 6.30. The van der Waals surface area contributed by atoms with Crippen molar-refractivity contribution in [2.24, 2.45) is 0 Å². The molecule has 0 bridgehead atoms. The minimum Gasteiger partial charge on any atom is -0.429 e. The van der Waals surface area contributed by atoms with Crippen LogP contribution in [0.5, 0.6) is 5.75 Å². The van der Waals surface area contributed by atoms with Gasteiger partial charge in [0.25, 0.3) is 0 Å². The minimum atomic E-state index is -4.65. The molecule has 0 amide bonds. The van der Waals surface area contributed by atoms with E-state index >= 15 is 0 Å². The Balaban J connectivity index is 1.64. The second-order valence-electron chi connectivity index (χ2n) is 7.22. The summed E-state index contributed by atoms with van der Waals surface area (Å²) in [5.41, 5.74) is 0.102. The van der Waals surface area contributed by atoms with Crippen LogP contribution in [0.25, 0.3) is 22.3 Å². The van der Waals surface area contributed by atoms with Crippen molar-refractivity contribution in [3.05, 3.63) is 112 Å². The molecule has 0 aliphatic carbocycles. The summed E-state index contributed by atoms with van der Waals surface area (Å²) in [5, 5.41) is 0.524. The van der Waals surface area contributed by atoms with Crippen LogP contribution >= 0.6 is 11.6 Å². The van der Waals surface area contributed by atoms with Crippen LogP contribution in [0.3, 0.4) is 0 Å². The molecule has 0 N–H and O–H groups in total. The van der Waals surface area contributed by atoms with Crippen LogP contribution in [-0.4, -0.2) is 0 Å². The summed E-state index contributed by atoms with van der Waals surface area (Å²) >= 11 is 5.97. The summed E-state index contributed by atoms with van der Waals surface area (Å²) in [6.45, 7) is 0. The zero-order valence-electron chi connectivity index (χ0n) is 16.9. The Labute approximate surface area is 194 Å². The zero-order valence-corrected chi connectivity index (χ0v) is 17.6. The first-order valence-corrected chi connectivity index (χ1v) is 10.0. The molecule has 0 aliphatic rings. The fourth-order valence-electron chi connectivity index (χ4n) is 3.33. The Bertz CT molecular complexity index is 1320. The van der Waals surface area contributed by atoms with Crippen LogP contribution in [0.15, 0.2) is 72.8 Å². The topological polar surface area (TPSA) is 9.23 Å². The first-order valence-electron chi connectivity index (χ1n) is 9.62. The third-order valence-corrected chi connectivity index (χ3v) is 5.15. The second-order valence-corrected chi connectivity index (χ2v) is 7.66. The molecule has 4 aromatic rings. The molecule has 0 fully saturated rings. The molecule has 0 aromatic heterocycles. The number of ether oxygens (including phenoxy) is 1. The van der Waals surface area contributed by atoms with Gasteiger partial charge in [-0.15, -0.1) is 0 Å². The predicted octanol–water partition coefficient (Wildman–Crippen LogP) is 8.50. The molecular weight excluding hydrogens is 485 g/mol. The van der Waals surface area contributed by atoms with Crippen molar-refractivity contribution in [2.75, 3.05) is 0 Å². The minimum absolute atomic E-state index is 0.0361. The molecule has 0 unspecified atom stereocenters. The predicted molar refractivity (Wildman–Crippen MR) is 113 cm³/mol. The molecule has 0 aliphatic heterocycles. The van der Waals surface area contributed by atoms with Crippen molar-refractivity contribution in [3.63, 3.8) is 0 Å². The Morgan fingerprint density at radius 1 is 0.588 bits per heavy atom. The smallest absolute Gasteiger partial charge is 0.429 e. The van der Waals surface area contributed by atoms with Crippen molar-refractivity contribution in [2.45, 2.75) is 6.11 Å². The maximum absolute atomic E-state index is 14.6. The monoisotopic (exact) mass is 496 g/mol. The average molecular weight is 497 g/mol. The van der Waals surface area contributed by atoms with E-state index in [9.17, 15) is 30.7 Å². The van der Waals surface area contributed by atoms with Crippen molar-refractivity contribution in [3.8, 4) is 28.0 Å². The highest BCUT2D eigenvalue weighted by Crippen LogP contribution is 2.38. The van der Waals surface area contributed by atoms with E-state index in [-0.39, 0.29) is 17.7 Å². The summed E-state index contributed by atoms with van der Waals surface area (Å²) < 4.78 is 102. The van der Waals surface area contributed by atoms with Gasteiger partial charge in [-0.05, 0) is 46.5 Å². The van der Waals surface area contributed by atoms with Crippen LogP contribution in [0, 0.1) is 29.1 Å². The number of alkyl halides is 2. The lowest BCUT2D eigenvalue weighted by Gasteiger charge is -2.20. The first kappa shape index (κ1) is 23.6. The second kappa shape index (κ2) is 9.02. The maximum atomic E-state index is 14.6. The quantitative estimate of drug-likeness (QED) is 0.199. The van der Waals surface area contributed by atoms with Crippen molar-refractivity contribution < 1.29 is 35.5 Å². The van der Waals surface area contributed by atoms with Gasteiger partial charge in [0, 0.05) is 17.2 Å². The summed E-state index contributed by atoms with van der Waals surface area (Å²) in [5.74, 6) is -9.96. The molecule has 0 saturated heterocycles. The van der Waals surface area contributed by atoms with Crippen LogP contribution in [-0.2, 0) is 6.11 Å². The molecule has 0 spiro atoms. The molecule has 174 valence electrons. The fourth-order valence-corrected chi connectivity index (χ4v) is 3.52. The van der Waals surface area contributed by atoms with E-state index in [0.717, 1.165) is 11.1 Å². The van der Waals surface area contributed by atoms with Crippen molar-refractivity contribution in [1.82, 2.24) is 0 Å². The Morgan fingerprint density at radius 2 is 1.12 bits per heavy atom. The lowest BCUT2D eigenvalue weighted by Crippen LogP contribution is -2.25. The normalized spacial score (nSPS) is 11.5. The first-order chi connectivity index (χ1) is 16.0. The lowest BCUT2D eigenvalue weighted by atomic mass is 9.99. The number of hydrogen-bond donors (Lipinski definition) is 0. The number of rotatable bonds is 5. The van der Waals surface area contributed by atoms with Gasteiger partial charge in [-0.25, -0.2) is 22.0 Å². The van der Waals surface area contributed by atoms with E-state index in [0.29, 0.717) is 22.7 Å². The van der Waals surface area contributed by atoms with E-state index in [4.69, 9.17) is 11.6 Å². The highest BCUT2D eigenvalue weighted by Gasteiger charge is 2.41. The van der Waals surface area contributed by atoms with Gasteiger partial charge in [-0.1, -0.05) is 48.0 Å². The van der Waals surface area contributed by atoms with Crippen LogP contribution in [0.1, 0.15) is 5.56 Å². The molecule has 4 aromatic carbocycles. The highest BCUT2D eigenvalue weighted by atomic mass is 35.5. The van der Waals surface area contributed by atoms with Crippen LogP contribution < -0.4 is 4.74 Å². The average Bonchev–Trinajstić information content (AvgIpc) is 2.76. The lowest BCUT2D eigenvalue weighted by molar-refractivity contribution is -0.189. The zero-order chi connectivity index (χ0) is 24.6. The SMILES string of the molecule is Fc1cc(OC(F)(F)c2c(F)cc(-c3ccc(-c4cccc(Cl)c4)cc3)cc2F)cc(F)c1F. The third-order valence-electron chi connectivity index (χ3n) is 4.91.